The molecule has 2 N–H and O–H groups in total. The van der Waals surface area contributed by atoms with Crippen molar-refractivity contribution in [2.75, 3.05) is 5.73 Å². The number of anilines is 1. The Hall–Kier alpha value is -2.89. The van der Waals surface area contributed by atoms with Crippen LogP contribution in [-0.4, -0.2) is 25.1 Å². The lowest BCUT2D eigenvalue weighted by atomic mass is 10.1. The first-order valence-corrected chi connectivity index (χ1v) is 5.76. The number of pyridine rings is 2. The number of nitrogens with two attached hydrogens (primary N) is 1. The van der Waals surface area contributed by atoms with Gasteiger partial charge in [0.05, 0.1) is 11.0 Å². The van der Waals surface area contributed by atoms with Gasteiger partial charge in [0.1, 0.15) is 11.0 Å². The Balaban J connectivity index is 2.43. The van der Waals surface area contributed by atoms with Crippen LogP contribution in [0.4, 0.5) is 5.95 Å². The maximum Gasteiger partial charge on any atom is 0.240 e. The number of aromatic nitrogens is 5. The molecule has 0 aliphatic rings. The van der Waals surface area contributed by atoms with E-state index in [1.54, 1.807) is 12.4 Å². The number of fused-ring (bicyclic) bond motifs is 6. The molecule has 0 bridgehead atoms. The average molecular weight is 248 g/mol. The quantitative estimate of drug-likeness (QED) is 0.476. The number of nitrogen functional groups attached to an aromatic ring is 1. The first-order chi connectivity index (χ1) is 9.34. The normalized spacial score (nSPS) is 11.4. The van der Waals surface area contributed by atoms with Crippen LogP contribution in [0.3, 0.4) is 0 Å². The Morgan fingerprint density at radius 2 is 1.37 bits per heavy atom. The van der Waals surface area contributed by atoms with Crippen molar-refractivity contribution >= 4 is 38.8 Å². The molecule has 6 heteroatoms. The molecule has 0 unspecified atom stereocenters. The third-order valence-corrected chi connectivity index (χ3v) is 3.05. The maximum atomic E-state index is 5.64. The van der Waals surface area contributed by atoms with E-state index < -0.39 is 0 Å². The second kappa shape index (κ2) is 3.55. The standard InChI is InChI=1S/C13H8N6/c14-13-17-11-7-3-1-5-15-9(7)10-8(4-2-6-16-10)12(11)18-19-13/h1-6H,(H2,14,17,19). The van der Waals surface area contributed by atoms with E-state index in [2.05, 4.69) is 25.1 Å². The summed E-state index contributed by atoms with van der Waals surface area (Å²) >= 11 is 0. The zero-order valence-corrected chi connectivity index (χ0v) is 9.78. The molecule has 4 aromatic rings. The third kappa shape index (κ3) is 1.33. The molecule has 0 spiro atoms. The molecule has 0 amide bonds. The van der Waals surface area contributed by atoms with Gasteiger partial charge < -0.3 is 5.73 Å². The molecule has 0 fully saturated rings. The number of nitrogens with zero attached hydrogens (tertiary/aromatic N) is 5. The molecule has 0 atom stereocenters. The molecular formula is C13H8N6. The molecule has 3 heterocycles. The van der Waals surface area contributed by atoms with E-state index in [1.807, 2.05) is 24.3 Å². The fourth-order valence-electron chi connectivity index (χ4n) is 2.28. The highest BCUT2D eigenvalue weighted by atomic mass is 15.2. The van der Waals surface area contributed by atoms with Crippen LogP contribution in [0.5, 0.6) is 0 Å². The number of rotatable bonds is 0. The number of hydrogen-bond acceptors (Lipinski definition) is 6. The van der Waals surface area contributed by atoms with Crippen molar-refractivity contribution in [3.8, 4) is 0 Å². The third-order valence-electron chi connectivity index (χ3n) is 3.05. The van der Waals surface area contributed by atoms with Gasteiger partial charge in [-0.05, 0) is 24.3 Å². The lowest BCUT2D eigenvalue weighted by Gasteiger charge is -2.06. The van der Waals surface area contributed by atoms with E-state index in [4.69, 9.17) is 5.73 Å². The fraction of sp³-hybridized carbons (Fsp3) is 0. The highest BCUT2D eigenvalue weighted by Crippen LogP contribution is 2.29. The van der Waals surface area contributed by atoms with Gasteiger partial charge in [0.25, 0.3) is 0 Å². The highest BCUT2D eigenvalue weighted by Gasteiger charge is 2.12. The summed E-state index contributed by atoms with van der Waals surface area (Å²) in [5, 5.41) is 9.74. The van der Waals surface area contributed by atoms with E-state index in [0.29, 0.717) is 11.0 Å². The van der Waals surface area contributed by atoms with Gasteiger partial charge in [0, 0.05) is 23.2 Å². The summed E-state index contributed by atoms with van der Waals surface area (Å²) < 4.78 is 0. The van der Waals surface area contributed by atoms with Crippen LogP contribution in [0.25, 0.3) is 32.8 Å². The van der Waals surface area contributed by atoms with Gasteiger partial charge in [-0.25, -0.2) is 4.98 Å². The minimum atomic E-state index is 0.154. The number of benzene rings is 1. The Morgan fingerprint density at radius 3 is 2.05 bits per heavy atom. The van der Waals surface area contributed by atoms with Gasteiger partial charge >= 0.3 is 0 Å². The fourth-order valence-corrected chi connectivity index (χ4v) is 2.28. The van der Waals surface area contributed by atoms with Crippen molar-refractivity contribution in [2.24, 2.45) is 0 Å². The maximum absolute atomic E-state index is 5.64. The Labute approximate surface area is 107 Å². The Morgan fingerprint density at radius 1 is 0.737 bits per heavy atom. The van der Waals surface area contributed by atoms with E-state index >= 15 is 0 Å². The highest BCUT2D eigenvalue weighted by molar-refractivity contribution is 6.20. The Bertz CT molecular complexity index is 899. The summed E-state index contributed by atoms with van der Waals surface area (Å²) in [5.41, 5.74) is 8.63. The van der Waals surface area contributed by atoms with E-state index in [1.165, 1.54) is 0 Å². The van der Waals surface area contributed by atoms with Crippen LogP contribution < -0.4 is 5.73 Å². The lowest BCUT2D eigenvalue weighted by molar-refractivity contribution is 1.04. The van der Waals surface area contributed by atoms with Gasteiger partial charge in [-0.15, -0.1) is 10.2 Å². The van der Waals surface area contributed by atoms with Crippen LogP contribution in [0.2, 0.25) is 0 Å². The second-order valence-corrected chi connectivity index (χ2v) is 4.17. The summed E-state index contributed by atoms with van der Waals surface area (Å²) in [5.74, 6) is 0.154. The van der Waals surface area contributed by atoms with Gasteiger partial charge in [0.2, 0.25) is 5.95 Å². The van der Waals surface area contributed by atoms with Gasteiger partial charge in [-0.2, -0.15) is 0 Å². The number of hydrogen-bond donors (Lipinski definition) is 1. The minimum absolute atomic E-state index is 0.154. The van der Waals surface area contributed by atoms with E-state index in [0.717, 1.165) is 21.8 Å². The molecule has 4 rings (SSSR count). The van der Waals surface area contributed by atoms with Crippen LogP contribution in [0.1, 0.15) is 0 Å². The molecule has 19 heavy (non-hydrogen) atoms. The van der Waals surface area contributed by atoms with E-state index in [9.17, 15) is 0 Å². The summed E-state index contributed by atoms with van der Waals surface area (Å²) in [6, 6.07) is 7.58. The molecule has 0 saturated carbocycles. The molecule has 90 valence electrons. The summed E-state index contributed by atoms with van der Waals surface area (Å²) in [6.45, 7) is 0. The van der Waals surface area contributed by atoms with Crippen molar-refractivity contribution in [2.45, 2.75) is 0 Å². The summed E-state index contributed by atoms with van der Waals surface area (Å²) in [4.78, 5) is 13.1. The van der Waals surface area contributed by atoms with Crippen molar-refractivity contribution < 1.29 is 0 Å². The van der Waals surface area contributed by atoms with Crippen molar-refractivity contribution in [1.29, 1.82) is 0 Å². The van der Waals surface area contributed by atoms with Crippen LogP contribution in [0.15, 0.2) is 36.7 Å². The summed E-state index contributed by atoms with van der Waals surface area (Å²) in [6.07, 6.45) is 3.47. The van der Waals surface area contributed by atoms with Crippen molar-refractivity contribution in [3.63, 3.8) is 0 Å². The SMILES string of the molecule is Nc1nnc2c3cccnc3c3ncccc3c2n1. The Kier molecular flexibility index (Phi) is 1.88. The van der Waals surface area contributed by atoms with E-state index in [-0.39, 0.29) is 5.95 Å². The lowest BCUT2D eigenvalue weighted by Crippen LogP contribution is -1.99. The monoisotopic (exact) mass is 248 g/mol. The van der Waals surface area contributed by atoms with Crippen molar-refractivity contribution in [1.82, 2.24) is 25.1 Å². The van der Waals surface area contributed by atoms with Crippen molar-refractivity contribution in [3.05, 3.63) is 36.7 Å². The van der Waals surface area contributed by atoms with Gasteiger partial charge in [-0.3, -0.25) is 9.97 Å². The first-order valence-electron chi connectivity index (χ1n) is 5.76. The van der Waals surface area contributed by atoms with Crippen LogP contribution >= 0.6 is 0 Å². The molecule has 0 aliphatic heterocycles. The minimum Gasteiger partial charge on any atom is -0.366 e. The van der Waals surface area contributed by atoms with Crippen LogP contribution in [-0.2, 0) is 0 Å². The molecule has 6 nitrogen and oxygen atoms in total. The largest absolute Gasteiger partial charge is 0.366 e. The molecule has 0 aliphatic carbocycles. The predicted octanol–water partition coefficient (Wildman–Crippen LogP) is 1.70. The second-order valence-electron chi connectivity index (χ2n) is 4.17. The predicted molar refractivity (Wildman–Crippen MR) is 72.3 cm³/mol. The molecule has 0 radical (unpaired) electrons. The molecule has 0 saturated heterocycles. The first kappa shape index (κ1) is 10.1. The zero-order chi connectivity index (χ0) is 12.8. The smallest absolute Gasteiger partial charge is 0.240 e. The average Bonchev–Trinajstić information content (AvgIpc) is 2.47. The zero-order valence-electron chi connectivity index (χ0n) is 9.78. The molecule has 1 aromatic carbocycles. The van der Waals surface area contributed by atoms with Gasteiger partial charge in [0.15, 0.2) is 0 Å². The topological polar surface area (TPSA) is 90.5 Å². The molecule has 3 aromatic heterocycles. The van der Waals surface area contributed by atoms with Gasteiger partial charge in [-0.1, -0.05) is 0 Å². The molecular weight excluding hydrogens is 240 g/mol. The van der Waals surface area contributed by atoms with Crippen LogP contribution in [0, 0.1) is 0 Å². The summed E-state index contributed by atoms with van der Waals surface area (Å²) in [7, 11) is 0.